The van der Waals surface area contributed by atoms with E-state index >= 15 is 0 Å². The minimum atomic E-state index is -0.769. The van der Waals surface area contributed by atoms with Gasteiger partial charge in [0.2, 0.25) is 0 Å². The second kappa shape index (κ2) is 6.64. The van der Waals surface area contributed by atoms with Gasteiger partial charge in [0.15, 0.2) is 0 Å². The molecule has 2 aromatic rings. The number of urea groups is 1. The van der Waals surface area contributed by atoms with E-state index in [1.807, 2.05) is 6.92 Å². The molecule has 4 amide bonds. The quantitative estimate of drug-likeness (QED) is 0.681. The Bertz CT molecular complexity index is 868. The predicted molar refractivity (Wildman–Crippen MR) is 88.5 cm³/mol. The van der Waals surface area contributed by atoms with Gasteiger partial charge >= 0.3 is 6.03 Å². The standard InChI is InChI=1S/C18H16N2O5/c1-11-8-12(5-6-15(11)24-2)9-14-16(21)19-18(23)20(17(14)22)10-13-4-3-7-25-13/h3-9H,10H2,1-2H3,(H,19,21,23)/b14-9-. The average molecular weight is 340 g/mol. The number of furan rings is 1. The fraction of sp³-hybridized carbons (Fsp3) is 0.167. The van der Waals surface area contributed by atoms with Gasteiger partial charge in [0.1, 0.15) is 17.1 Å². The van der Waals surface area contributed by atoms with Crippen LogP contribution in [0.1, 0.15) is 16.9 Å². The summed E-state index contributed by atoms with van der Waals surface area (Å²) in [6.45, 7) is 1.81. The van der Waals surface area contributed by atoms with Crippen molar-refractivity contribution in [1.29, 1.82) is 0 Å². The zero-order valence-corrected chi connectivity index (χ0v) is 13.7. The summed E-state index contributed by atoms with van der Waals surface area (Å²) in [6, 6.07) is 7.80. The fourth-order valence-electron chi connectivity index (χ4n) is 2.55. The number of barbiturate groups is 1. The van der Waals surface area contributed by atoms with Gasteiger partial charge < -0.3 is 9.15 Å². The van der Waals surface area contributed by atoms with Crippen LogP contribution in [0.2, 0.25) is 0 Å². The number of hydrogen-bond donors (Lipinski definition) is 1. The van der Waals surface area contributed by atoms with Crippen molar-refractivity contribution in [2.45, 2.75) is 13.5 Å². The van der Waals surface area contributed by atoms with E-state index in [1.165, 1.54) is 12.3 Å². The Morgan fingerprint density at radius 2 is 2.04 bits per heavy atom. The number of aryl methyl sites for hydroxylation is 1. The van der Waals surface area contributed by atoms with Crippen LogP contribution in [-0.2, 0) is 16.1 Å². The molecule has 1 aliphatic rings. The van der Waals surface area contributed by atoms with Crippen LogP contribution in [0.3, 0.4) is 0 Å². The normalized spacial score (nSPS) is 16.3. The lowest BCUT2D eigenvalue weighted by molar-refractivity contribution is -0.130. The molecule has 3 rings (SSSR count). The monoisotopic (exact) mass is 340 g/mol. The zero-order chi connectivity index (χ0) is 18.0. The molecule has 1 N–H and O–H groups in total. The molecule has 0 spiro atoms. The highest BCUT2D eigenvalue weighted by molar-refractivity contribution is 6.30. The first-order chi connectivity index (χ1) is 12.0. The summed E-state index contributed by atoms with van der Waals surface area (Å²) < 4.78 is 10.4. The summed E-state index contributed by atoms with van der Waals surface area (Å²) in [4.78, 5) is 37.6. The van der Waals surface area contributed by atoms with Gasteiger partial charge in [-0.15, -0.1) is 0 Å². The molecular weight excluding hydrogens is 324 g/mol. The summed E-state index contributed by atoms with van der Waals surface area (Å²) in [6.07, 6.45) is 2.90. The summed E-state index contributed by atoms with van der Waals surface area (Å²) in [5, 5.41) is 2.17. The summed E-state index contributed by atoms with van der Waals surface area (Å²) in [5.74, 6) is -0.244. The maximum atomic E-state index is 12.6. The number of rotatable bonds is 4. The van der Waals surface area contributed by atoms with Crippen molar-refractivity contribution in [2.24, 2.45) is 0 Å². The second-order valence-corrected chi connectivity index (χ2v) is 5.52. The Balaban J connectivity index is 1.91. The van der Waals surface area contributed by atoms with Crippen molar-refractivity contribution in [3.8, 4) is 5.75 Å². The molecule has 128 valence electrons. The van der Waals surface area contributed by atoms with Crippen molar-refractivity contribution in [3.63, 3.8) is 0 Å². The van der Waals surface area contributed by atoms with Crippen molar-refractivity contribution >= 4 is 23.9 Å². The van der Waals surface area contributed by atoms with Gasteiger partial charge in [-0.1, -0.05) is 6.07 Å². The molecule has 0 bridgehead atoms. The minimum Gasteiger partial charge on any atom is -0.496 e. The van der Waals surface area contributed by atoms with Crippen LogP contribution < -0.4 is 10.1 Å². The van der Waals surface area contributed by atoms with Gasteiger partial charge in [-0.05, 0) is 48.4 Å². The number of hydrogen-bond acceptors (Lipinski definition) is 5. The number of methoxy groups -OCH3 is 1. The molecule has 0 unspecified atom stereocenters. The first-order valence-electron chi connectivity index (χ1n) is 7.55. The van der Waals surface area contributed by atoms with E-state index in [0.29, 0.717) is 17.1 Å². The summed E-state index contributed by atoms with van der Waals surface area (Å²) >= 11 is 0. The molecule has 0 radical (unpaired) electrons. The number of nitrogens with one attached hydrogen (secondary N) is 1. The van der Waals surface area contributed by atoms with Crippen LogP contribution in [0.4, 0.5) is 4.79 Å². The van der Waals surface area contributed by atoms with Gasteiger partial charge in [0, 0.05) is 0 Å². The number of carbonyl (C=O) groups excluding carboxylic acids is 3. The molecule has 0 aliphatic carbocycles. The van der Waals surface area contributed by atoms with Crippen LogP contribution in [0, 0.1) is 6.92 Å². The topological polar surface area (TPSA) is 88.8 Å². The maximum Gasteiger partial charge on any atom is 0.331 e. The summed E-state index contributed by atoms with van der Waals surface area (Å²) in [5.41, 5.74) is 1.41. The van der Waals surface area contributed by atoms with E-state index < -0.39 is 17.8 Å². The van der Waals surface area contributed by atoms with Crippen molar-refractivity contribution in [3.05, 3.63) is 59.1 Å². The van der Waals surface area contributed by atoms with Gasteiger partial charge in [0.05, 0.1) is 19.9 Å². The fourth-order valence-corrected chi connectivity index (χ4v) is 2.55. The molecule has 1 saturated heterocycles. The Hall–Kier alpha value is -3.35. The van der Waals surface area contributed by atoms with Gasteiger partial charge in [-0.2, -0.15) is 0 Å². The Morgan fingerprint density at radius 1 is 1.24 bits per heavy atom. The first kappa shape index (κ1) is 16.5. The van der Waals surface area contributed by atoms with Crippen LogP contribution in [0.25, 0.3) is 6.08 Å². The lowest BCUT2D eigenvalue weighted by atomic mass is 10.0. The van der Waals surface area contributed by atoms with Crippen molar-refractivity contribution in [1.82, 2.24) is 10.2 Å². The Kier molecular flexibility index (Phi) is 4.38. The van der Waals surface area contributed by atoms with E-state index in [9.17, 15) is 14.4 Å². The van der Waals surface area contributed by atoms with Gasteiger partial charge in [-0.3, -0.25) is 19.8 Å². The van der Waals surface area contributed by atoms with Crippen molar-refractivity contribution < 1.29 is 23.5 Å². The highest BCUT2D eigenvalue weighted by Crippen LogP contribution is 2.22. The SMILES string of the molecule is COc1ccc(/C=C2/C(=O)NC(=O)N(Cc3ccco3)C2=O)cc1C. The molecule has 0 saturated carbocycles. The van der Waals surface area contributed by atoms with E-state index in [-0.39, 0.29) is 12.1 Å². The number of benzene rings is 1. The lowest BCUT2D eigenvalue weighted by Gasteiger charge is -2.25. The minimum absolute atomic E-state index is 0.0517. The van der Waals surface area contributed by atoms with E-state index in [2.05, 4.69) is 5.32 Å². The molecule has 1 fully saturated rings. The Labute approximate surface area is 143 Å². The van der Waals surface area contributed by atoms with E-state index in [1.54, 1.807) is 37.4 Å². The molecule has 25 heavy (non-hydrogen) atoms. The number of imide groups is 2. The molecule has 0 atom stereocenters. The van der Waals surface area contributed by atoms with Gasteiger partial charge in [0.25, 0.3) is 11.8 Å². The van der Waals surface area contributed by atoms with Crippen LogP contribution in [0.5, 0.6) is 5.75 Å². The number of nitrogens with zero attached hydrogens (tertiary/aromatic N) is 1. The zero-order valence-electron chi connectivity index (χ0n) is 13.7. The van der Waals surface area contributed by atoms with E-state index in [0.717, 1.165) is 10.5 Å². The molecule has 1 aliphatic heterocycles. The molecule has 7 nitrogen and oxygen atoms in total. The predicted octanol–water partition coefficient (Wildman–Crippen LogP) is 2.26. The third-order valence-electron chi connectivity index (χ3n) is 3.81. The number of carbonyl (C=O) groups is 3. The van der Waals surface area contributed by atoms with Gasteiger partial charge in [-0.25, -0.2) is 4.79 Å². The largest absolute Gasteiger partial charge is 0.496 e. The summed E-state index contributed by atoms with van der Waals surface area (Å²) in [7, 11) is 1.57. The third-order valence-corrected chi connectivity index (χ3v) is 3.81. The number of ether oxygens (including phenoxy) is 1. The van der Waals surface area contributed by atoms with Crippen LogP contribution in [0.15, 0.2) is 46.6 Å². The highest BCUT2D eigenvalue weighted by Gasteiger charge is 2.36. The third kappa shape index (κ3) is 3.30. The highest BCUT2D eigenvalue weighted by atomic mass is 16.5. The molecule has 1 aromatic carbocycles. The molecule has 7 heteroatoms. The first-order valence-corrected chi connectivity index (χ1v) is 7.55. The van der Waals surface area contributed by atoms with E-state index in [4.69, 9.17) is 9.15 Å². The smallest absolute Gasteiger partial charge is 0.331 e. The van der Waals surface area contributed by atoms with Crippen LogP contribution >= 0.6 is 0 Å². The molecule has 2 heterocycles. The second-order valence-electron chi connectivity index (χ2n) is 5.52. The number of amides is 4. The molecular formula is C18H16N2O5. The Morgan fingerprint density at radius 3 is 2.68 bits per heavy atom. The van der Waals surface area contributed by atoms with Crippen LogP contribution in [-0.4, -0.2) is 29.9 Å². The molecule has 1 aromatic heterocycles. The average Bonchev–Trinajstić information content (AvgIpc) is 3.09. The van der Waals surface area contributed by atoms with Crippen molar-refractivity contribution in [2.75, 3.05) is 7.11 Å². The lowest BCUT2D eigenvalue weighted by Crippen LogP contribution is -2.53. The maximum absolute atomic E-state index is 12.6.